The average Bonchev–Trinajstić information content (AvgIpc) is 2.96. The predicted molar refractivity (Wildman–Crippen MR) is 140 cm³/mol. The molecule has 43 heavy (non-hydrogen) atoms. The molecular formula is C27H30O16. The van der Waals surface area contributed by atoms with Crippen LogP contribution in [-0.2, 0) is 14.2 Å². The molecule has 5 rings (SSSR count). The molecule has 234 valence electrons. The number of aliphatic hydroxyl groups is 6. The average molecular weight is 611 g/mol. The molecule has 3 aromatic rings. The number of fused-ring (bicyclic) bond motifs is 1. The minimum Gasteiger partial charge on any atom is -0.508 e. The van der Waals surface area contributed by atoms with Gasteiger partial charge in [-0.25, -0.2) is 0 Å². The van der Waals surface area contributed by atoms with E-state index >= 15 is 0 Å². The molecule has 16 nitrogen and oxygen atoms in total. The second-order valence-electron chi connectivity index (χ2n) is 10.2. The molecule has 0 amide bonds. The molecule has 2 saturated heterocycles. The molecule has 0 spiro atoms. The maximum absolute atomic E-state index is 13.7. The summed E-state index contributed by atoms with van der Waals surface area (Å²) in [5.74, 6) is -3.40. The second-order valence-corrected chi connectivity index (χ2v) is 10.2. The highest BCUT2D eigenvalue weighted by molar-refractivity contribution is 5.88. The highest BCUT2D eigenvalue weighted by Gasteiger charge is 2.51. The third kappa shape index (κ3) is 5.55. The Hall–Kier alpha value is -3.71. The topological polar surface area (TPSA) is 269 Å². The van der Waals surface area contributed by atoms with Crippen molar-refractivity contribution in [3.05, 3.63) is 40.6 Å². The maximum Gasteiger partial charge on any atom is 0.239 e. The third-order valence-corrected chi connectivity index (χ3v) is 7.31. The number of hydrogen-bond donors (Lipinski definition) is 10. The van der Waals surface area contributed by atoms with Gasteiger partial charge in [0.25, 0.3) is 0 Å². The second kappa shape index (κ2) is 11.8. The molecule has 3 heterocycles. The zero-order chi connectivity index (χ0) is 31.3. The Kier molecular flexibility index (Phi) is 8.41. The number of ether oxygens (including phenoxy) is 4. The van der Waals surface area contributed by atoms with Gasteiger partial charge in [-0.05, 0) is 25.1 Å². The number of benzene rings is 2. The molecule has 16 heteroatoms. The van der Waals surface area contributed by atoms with E-state index in [1.807, 2.05) is 0 Å². The molecule has 2 fully saturated rings. The van der Waals surface area contributed by atoms with Crippen LogP contribution in [0.4, 0.5) is 0 Å². The van der Waals surface area contributed by atoms with Crippen LogP contribution < -0.4 is 10.2 Å². The summed E-state index contributed by atoms with van der Waals surface area (Å²) in [6, 6.07) is 5.21. The first-order chi connectivity index (χ1) is 20.3. The zero-order valence-corrected chi connectivity index (χ0v) is 22.3. The Morgan fingerprint density at radius 2 is 1.51 bits per heavy atom. The van der Waals surface area contributed by atoms with Crippen LogP contribution in [0.3, 0.4) is 0 Å². The number of hydrogen-bond acceptors (Lipinski definition) is 16. The lowest BCUT2D eigenvalue weighted by atomic mass is 9.97. The largest absolute Gasteiger partial charge is 0.508 e. The van der Waals surface area contributed by atoms with Gasteiger partial charge in [0, 0.05) is 17.7 Å². The summed E-state index contributed by atoms with van der Waals surface area (Å²) in [6.45, 7) is 0.541. The van der Waals surface area contributed by atoms with Crippen LogP contribution in [0, 0.1) is 0 Å². The van der Waals surface area contributed by atoms with E-state index in [0.717, 1.165) is 24.3 Å². The first-order valence-electron chi connectivity index (χ1n) is 13.0. The predicted octanol–water partition coefficient (Wildman–Crippen LogP) is -1.69. The Morgan fingerprint density at radius 1 is 0.791 bits per heavy atom. The summed E-state index contributed by atoms with van der Waals surface area (Å²) in [5, 5.41) is 102. The lowest BCUT2D eigenvalue weighted by molar-refractivity contribution is -0.354. The van der Waals surface area contributed by atoms with Crippen LogP contribution >= 0.6 is 0 Å². The minimum atomic E-state index is -1.91. The normalized spacial score (nSPS) is 33.0. The Morgan fingerprint density at radius 3 is 2.19 bits per heavy atom. The van der Waals surface area contributed by atoms with Gasteiger partial charge in [-0.3, -0.25) is 4.79 Å². The van der Waals surface area contributed by atoms with Crippen molar-refractivity contribution in [1.29, 1.82) is 0 Å². The van der Waals surface area contributed by atoms with Gasteiger partial charge in [-0.15, -0.1) is 0 Å². The van der Waals surface area contributed by atoms with Crippen molar-refractivity contribution in [3.8, 4) is 40.1 Å². The monoisotopic (exact) mass is 610 g/mol. The van der Waals surface area contributed by atoms with Crippen molar-refractivity contribution in [1.82, 2.24) is 0 Å². The summed E-state index contributed by atoms with van der Waals surface area (Å²) in [7, 11) is 0. The Bertz CT molecular complexity index is 1540. The standard InChI is InChI=1S/C27H30O16/c1-8-17(33)20(36)22(38)26(39-8)43-25-21(37)18(34)15(7-28)41-27(25)42-24-19(35)16-13(32)5-10(29)6-14(16)40-23(24)9-2-3-11(30)12(31)4-9/h2-6,8,15,17-18,20-22,25-34,36-38H,7H2,1H3/t8?,15?,17-,18-,20-,21+,22?,25?,26-,27-/m0/s1. The van der Waals surface area contributed by atoms with E-state index in [0.29, 0.717) is 0 Å². The van der Waals surface area contributed by atoms with Gasteiger partial charge in [0.1, 0.15) is 59.1 Å². The molecule has 0 aliphatic carbocycles. The minimum absolute atomic E-state index is 0.0447. The molecule has 10 N–H and O–H groups in total. The van der Waals surface area contributed by atoms with Gasteiger partial charge in [-0.2, -0.15) is 0 Å². The fraction of sp³-hybridized carbons (Fsp3) is 0.444. The first-order valence-corrected chi connectivity index (χ1v) is 13.0. The van der Waals surface area contributed by atoms with E-state index in [1.54, 1.807) is 0 Å². The number of phenolic OH excluding ortho intramolecular Hbond substituents is 4. The number of phenols is 4. The Balaban J connectivity index is 1.62. The highest BCUT2D eigenvalue weighted by Crippen LogP contribution is 2.40. The first kappa shape index (κ1) is 30.7. The highest BCUT2D eigenvalue weighted by atomic mass is 16.8. The molecule has 2 aliphatic rings. The fourth-order valence-electron chi connectivity index (χ4n) is 4.92. The van der Waals surface area contributed by atoms with E-state index in [4.69, 9.17) is 23.4 Å². The van der Waals surface area contributed by atoms with Gasteiger partial charge in [0.15, 0.2) is 29.7 Å². The lowest BCUT2D eigenvalue weighted by Crippen LogP contribution is -2.64. The SMILES string of the molecule is CC1O[C@@H](OC2[C@H](Oc3c(-c4ccc(O)c(O)c4)oc4cc(O)cc(O)c4c3=O)OC(CO)[C@H](O)[C@H]2O)C(O)[C@@H](O)[C@H]1O. The summed E-state index contributed by atoms with van der Waals surface area (Å²) < 4.78 is 28.3. The van der Waals surface area contributed by atoms with Crippen LogP contribution in [0.1, 0.15) is 6.92 Å². The lowest BCUT2D eigenvalue weighted by Gasteiger charge is -2.45. The maximum atomic E-state index is 13.7. The summed E-state index contributed by atoms with van der Waals surface area (Å²) >= 11 is 0. The molecule has 0 radical (unpaired) electrons. The van der Waals surface area contributed by atoms with Crippen molar-refractivity contribution in [2.75, 3.05) is 6.61 Å². The molecule has 1 aromatic heterocycles. The van der Waals surface area contributed by atoms with Gasteiger partial charge in [0.05, 0.1) is 12.7 Å². The van der Waals surface area contributed by atoms with Crippen molar-refractivity contribution in [3.63, 3.8) is 0 Å². The van der Waals surface area contributed by atoms with Crippen LogP contribution in [0.2, 0.25) is 0 Å². The van der Waals surface area contributed by atoms with Crippen LogP contribution in [0.25, 0.3) is 22.3 Å². The van der Waals surface area contributed by atoms with Gasteiger partial charge < -0.3 is 74.4 Å². The van der Waals surface area contributed by atoms with Crippen molar-refractivity contribution < 1.29 is 74.4 Å². The van der Waals surface area contributed by atoms with Gasteiger partial charge >= 0.3 is 0 Å². The molecule has 2 aliphatic heterocycles. The molecule has 10 atom stereocenters. The van der Waals surface area contributed by atoms with Crippen molar-refractivity contribution in [2.24, 2.45) is 0 Å². The van der Waals surface area contributed by atoms with Crippen LogP contribution in [-0.4, -0.2) is 119 Å². The van der Waals surface area contributed by atoms with E-state index in [9.17, 15) is 55.9 Å². The summed E-state index contributed by atoms with van der Waals surface area (Å²) in [4.78, 5) is 13.7. The Labute approximate surface area is 241 Å². The summed E-state index contributed by atoms with van der Waals surface area (Å²) in [5.41, 5.74) is -1.39. The quantitative estimate of drug-likeness (QED) is 0.140. The zero-order valence-electron chi connectivity index (χ0n) is 22.3. The smallest absolute Gasteiger partial charge is 0.239 e. The number of rotatable bonds is 6. The summed E-state index contributed by atoms with van der Waals surface area (Å²) in [6.07, 6.45) is -16.7. The van der Waals surface area contributed by atoms with Crippen LogP contribution in [0.5, 0.6) is 28.7 Å². The van der Waals surface area contributed by atoms with Crippen molar-refractivity contribution in [2.45, 2.75) is 68.3 Å². The van der Waals surface area contributed by atoms with E-state index in [1.165, 1.54) is 13.0 Å². The van der Waals surface area contributed by atoms with Gasteiger partial charge in [0.2, 0.25) is 17.5 Å². The van der Waals surface area contributed by atoms with E-state index in [2.05, 4.69) is 0 Å². The van der Waals surface area contributed by atoms with Gasteiger partial charge in [-0.1, -0.05) is 0 Å². The molecule has 0 bridgehead atoms. The molecular weight excluding hydrogens is 580 g/mol. The third-order valence-electron chi connectivity index (χ3n) is 7.31. The molecule has 2 aromatic carbocycles. The molecule has 4 unspecified atom stereocenters. The number of aromatic hydroxyl groups is 4. The van der Waals surface area contributed by atoms with Crippen LogP contribution in [0.15, 0.2) is 39.5 Å². The fourth-order valence-corrected chi connectivity index (χ4v) is 4.92. The number of aliphatic hydroxyl groups excluding tert-OH is 6. The van der Waals surface area contributed by atoms with E-state index < -0.39 is 113 Å². The molecule has 0 saturated carbocycles. The van der Waals surface area contributed by atoms with E-state index in [-0.39, 0.29) is 11.1 Å². The van der Waals surface area contributed by atoms with Crippen molar-refractivity contribution >= 4 is 11.0 Å².